The summed E-state index contributed by atoms with van der Waals surface area (Å²) in [4.78, 5) is 42.2. The molecule has 5 rings (SSSR count). The van der Waals surface area contributed by atoms with Gasteiger partial charge in [-0.1, -0.05) is 36.4 Å². The predicted octanol–water partition coefficient (Wildman–Crippen LogP) is 2.84. The Morgan fingerprint density at radius 2 is 2.03 bits per heavy atom. The van der Waals surface area contributed by atoms with Crippen molar-refractivity contribution in [3.63, 3.8) is 0 Å². The molecule has 1 N–H and O–H groups in total. The van der Waals surface area contributed by atoms with Crippen molar-refractivity contribution in [3.05, 3.63) is 93.4 Å². The molecule has 7 heteroatoms. The van der Waals surface area contributed by atoms with Crippen LogP contribution in [0.3, 0.4) is 0 Å². The maximum absolute atomic E-state index is 13.0. The second kappa shape index (κ2) is 9.27. The molecule has 0 unspecified atom stereocenters. The van der Waals surface area contributed by atoms with Gasteiger partial charge < -0.3 is 9.88 Å². The Bertz CT molecular complexity index is 1180. The fourth-order valence-corrected chi connectivity index (χ4v) is 4.92. The summed E-state index contributed by atoms with van der Waals surface area (Å²) in [5, 5.41) is 0. The first-order valence-electron chi connectivity index (χ1n) is 11.7. The van der Waals surface area contributed by atoms with Crippen molar-refractivity contribution in [2.75, 3.05) is 19.6 Å². The number of nitrogens with one attached hydrogen (secondary N) is 1. The van der Waals surface area contributed by atoms with E-state index in [9.17, 15) is 9.59 Å². The average Bonchev–Trinajstić information content (AvgIpc) is 3.35. The summed E-state index contributed by atoms with van der Waals surface area (Å²) in [5.74, 6) is 0.756. The van der Waals surface area contributed by atoms with E-state index in [1.54, 1.807) is 6.20 Å². The first-order valence-corrected chi connectivity index (χ1v) is 11.7. The maximum Gasteiger partial charge on any atom is 0.255 e. The average molecular weight is 444 g/mol. The zero-order valence-electron chi connectivity index (χ0n) is 18.9. The minimum Gasteiger partial charge on any atom is -0.341 e. The minimum atomic E-state index is -0.175. The third-order valence-electron chi connectivity index (χ3n) is 6.85. The van der Waals surface area contributed by atoms with E-state index in [2.05, 4.69) is 20.9 Å². The van der Waals surface area contributed by atoms with E-state index in [1.165, 1.54) is 0 Å². The van der Waals surface area contributed by atoms with Crippen LogP contribution >= 0.6 is 0 Å². The van der Waals surface area contributed by atoms with Gasteiger partial charge >= 0.3 is 0 Å². The Labute approximate surface area is 193 Å². The largest absolute Gasteiger partial charge is 0.341 e. The van der Waals surface area contributed by atoms with Crippen molar-refractivity contribution in [2.24, 2.45) is 0 Å². The van der Waals surface area contributed by atoms with Gasteiger partial charge in [-0.3, -0.25) is 19.5 Å². The number of hydrogen-bond acceptors (Lipinski definition) is 5. The van der Waals surface area contributed by atoms with E-state index in [4.69, 9.17) is 4.98 Å². The molecule has 33 heavy (non-hydrogen) atoms. The fraction of sp³-hybridized carbons (Fsp3) is 0.385. The normalized spacial score (nSPS) is 19.3. The molecule has 0 radical (unpaired) electrons. The van der Waals surface area contributed by atoms with Gasteiger partial charge in [0.15, 0.2) is 0 Å². The summed E-state index contributed by atoms with van der Waals surface area (Å²) < 4.78 is 0. The van der Waals surface area contributed by atoms with E-state index in [1.807, 2.05) is 54.4 Å². The third kappa shape index (κ3) is 4.59. The molecule has 3 aromatic rings. The number of aromatic nitrogens is 3. The molecule has 2 atom stereocenters. The number of benzene rings is 1. The first kappa shape index (κ1) is 21.5. The van der Waals surface area contributed by atoms with Crippen molar-refractivity contribution >= 4 is 5.91 Å². The molecule has 0 saturated carbocycles. The van der Waals surface area contributed by atoms with Gasteiger partial charge in [-0.15, -0.1) is 0 Å². The number of H-pyrrole nitrogens is 1. The molecule has 0 aliphatic carbocycles. The molecule has 1 amide bonds. The zero-order chi connectivity index (χ0) is 22.8. The quantitative estimate of drug-likeness (QED) is 0.656. The lowest BCUT2D eigenvalue weighted by Crippen LogP contribution is -2.36. The van der Waals surface area contributed by atoms with Crippen molar-refractivity contribution in [2.45, 2.75) is 44.7 Å². The van der Waals surface area contributed by atoms with Crippen LogP contribution in [-0.2, 0) is 24.3 Å². The van der Waals surface area contributed by atoms with Crippen molar-refractivity contribution in [3.8, 4) is 0 Å². The van der Waals surface area contributed by atoms with Gasteiger partial charge in [-0.2, -0.15) is 0 Å². The number of pyridine rings is 1. The number of likely N-dealkylation sites (tertiary alicyclic amines) is 1. The molecule has 1 aromatic carbocycles. The number of nitrogens with zero attached hydrogens (tertiary/aromatic N) is 4. The molecular weight excluding hydrogens is 414 g/mol. The number of rotatable bonds is 5. The van der Waals surface area contributed by atoms with Crippen LogP contribution in [0.5, 0.6) is 0 Å². The van der Waals surface area contributed by atoms with E-state index < -0.39 is 0 Å². The van der Waals surface area contributed by atoms with Gasteiger partial charge in [0.25, 0.3) is 5.56 Å². The van der Waals surface area contributed by atoms with Crippen molar-refractivity contribution in [1.29, 1.82) is 0 Å². The van der Waals surface area contributed by atoms with Crippen LogP contribution in [0.4, 0.5) is 0 Å². The van der Waals surface area contributed by atoms with Gasteiger partial charge in [0.1, 0.15) is 5.82 Å². The number of hydrogen-bond donors (Lipinski definition) is 1. The second-order valence-electron chi connectivity index (χ2n) is 9.10. The molecule has 2 aliphatic heterocycles. The number of carbonyl (C=O) groups is 1. The van der Waals surface area contributed by atoms with Crippen LogP contribution in [0.25, 0.3) is 0 Å². The Kier molecular flexibility index (Phi) is 6.05. The van der Waals surface area contributed by atoms with Gasteiger partial charge in [-0.05, 0) is 30.5 Å². The summed E-state index contributed by atoms with van der Waals surface area (Å²) in [6.07, 6.45) is 5.22. The summed E-state index contributed by atoms with van der Waals surface area (Å²) in [5.41, 5.74) is 3.79. The highest BCUT2D eigenvalue weighted by molar-refractivity contribution is 5.83. The lowest BCUT2D eigenvalue weighted by atomic mass is 10.00. The summed E-state index contributed by atoms with van der Waals surface area (Å²) in [7, 11) is 0. The van der Waals surface area contributed by atoms with Crippen LogP contribution in [0.2, 0.25) is 0 Å². The van der Waals surface area contributed by atoms with Crippen molar-refractivity contribution < 1.29 is 4.79 Å². The lowest BCUT2D eigenvalue weighted by molar-refractivity contribution is -0.131. The molecule has 1 saturated heterocycles. The van der Waals surface area contributed by atoms with Crippen LogP contribution < -0.4 is 5.56 Å². The molecule has 2 aliphatic rings. The fourth-order valence-electron chi connectivity index (χ4n) is 4.92. The molecule has 0 bridgehead atoms. The summed E-state index contributed by atoms with van der Waals surface area (Å²) in [6, 6.07) is 13.9. The maximum atomic E-state index is 13.0. The van der Waals surface area contributed by atoms with Gasteiger partial charge in [0.2, 0.25) is 5.91 Å². The number of amides is 1. The molecule has 7 nitrogen and oxygen atoms in total. The molecule has 0 spiro atoms. The highest BCUT2D eigenvalue weighted by atomic mass is 16.2. The molecular formula is C26H29N5O2. The van der Waals surface area contributed by atoms with Crippen LogP contribution in [0.1, 0.15) is 53.4 Å². The summed E-state index contributed by atoms with van der Waals surface area (Å²) in [6.45, 7) is 5.48. The first-order chi connectivity index (χ1) is 16.1. The molecule has 2 aromatic heterocycles. The Balaban J connectivity index is 1.26. The summed E-state index contributed by atoms with van der Waals surface area (Å²) >= 11 is 0. The van der Waals surface area contributed by atoms with Gasteiger partial charge in [0, 0.05) is 57.5 Å². The molecule has 1 fully saturated rings. The molecule has 4 heterocycles. The molecule has 170 valence electrons. The van der Waals surface area contributed by atoms with E-state index >= 15 is 0 Å². The van der Waals surface area contributed by atoms with Crippen LogP contribution in [-0.4, -0.2) is 50.3 Å². The van der Waals surface area contributed by atoms with Crippen LogP contribution in [0, 0.1) is 0 Å². The highest BCUT2D eigenvalue weighted by Gasteiger charge is 2.32. The third-order valence-corrected chi connectivity index (χ3v) is 6.85. The number of aromatic amines is 1. The highest BCUT2D eigenvalue weighted by Crippen LogP contribution is 2.28. The number of carbonyl (C=O) groups excluding carboxylic acids is 1. The Morgan fingerprint density at radius 3 is 2.82 bits per heavy atom. The smallest absolute Gasteiger partial charge is 0.255 e. The zero-order valence-corrected chi connectivity index (χ0v) is 18.9. The standard InChI is InChI=1S/C26H29N5O2/c1-18(20-7-3-2-4-8-20)26(33)31-13-9-21(16-31)24-28-23-10-12-30(17-22(23)25(32)29-24)15-19-6-5-11-27-14-19/h2-8,11,14,18,21H,9-10,12-13,15-17H2,1H3,(H,28,29,32)/t18-,21+/m1/s1. The van der Waals surface area contributed by atoms with E-state index in [0.717, 1.165) is 54.1 Å². The van der Waals surface area contributed by atoms with Gasteiger partial charge in [-0.25, -0.2) is 4.98 Å². The predicted molar refractivity (Wildman–Crippen MR) is 126 cm³/mol. The lowest BCUT2D eigenvalue weighted by Gasteiger charge is -2.28. The van der Waals surface area contributed by atoms with E-state index in [-0.39, 0.29) is 23.3 Å². The van der Waals surface area contributed by atoms with Crippen LogP contribution in [0.15, 0.2) is 59.7 Å². The van der Waals surface area contributed by atoms with E-state index in [0.29, 0.717) is 19.6 Å². The number of fused-ring (bicyclic) bond motifs is 1. The van der Waals surface area contributed by atoms with Gasteiger partial charge in [0.05, 0.1) is 17.2 Å². The minimum absolute atomic E-state index is 0.0479. The Hall–Kier alpha value is -3.32. The Morgan fingerprint density at radius 1 is 1.18 bits per heavy atom. The topological polar surface area (TPSA) is 82.2 Å². The SMILES string of the molecule is C[C@@H](C(=O)N1CC[C@H](c2nc3c(c(=O)[nH]2)CN(Cc2cccnc2)CC3)C1)c1ccccc1. The second-order valence-corrected chi connectivity index (χ2v) is 9.10. The monoisotopic (exact) mass is 443 g/mol. The van der Waals surface area contributed by atoms with Crippen molar-refractivity contribution in [1.82, 2.24) is 24.8 Å².